The molecule has 2 aromatic rings. The Balaban J connectivity index is 1.19. The number of ether oxygens (including phenoxy) is 2. The fourth-order valence-corrected chi connectivity index (χ4v) is 10.5. The first-order valence-corrected chi connectivity index (χ1v) is 20.5. The van der Waals surface area contributed by atoms with Gasteiger partial charge in [0.1, 0.15) is 29.2 Å². The molecule has 1 saturated heterocycles. The molecule has 5 fully saturated rings. The highest BCUT2D eigenvalue weighted by atomic mass is 16.7. The molecular weight excluding hydrogens is 709 g/mol. The van der Waals surface area contributed by atoms with Gasteiger partial charge in [-0.05, 0) is 106 Å². The summed E-state index contributed by atoms with van der Waals surface area (Å²) in [6, 6.07) is 8.78. The molecule has 4 N–H and O–H groups in total. The van der Waals surface area contributed by atoms with Gasteiger partial charge in [0, 0.05) is 36.1 Å². The Morgan fingerprint density at radius 3 is 2.43 bits per heavy atom. The van der Waals surface area contributed by atoms with E-state index in [1.807, 2.05) is 52.2 Å². The number of fused-ring (bicyclic) bond motifs is 3. The normalized spacial score (nSPS) is 30.5. The number of carbonyl (C=O) groups is 2. The van der Waals surface area contributed by atoms with Crippen LogP contribution >= 0.6 is 0 Å². The molecule has 8 rings (SSSR count). The van der Waals surface area contributed by atoms with E-state index in [2.05, 4.69) is 55.9 Å². The summed E-state index contributed by atoms with van der Waals surface area (Å²) in [5.74, 6) is 1.36. The van der Waals surface area contributed by atoms with E-state index >= 15 is 0 Å². The second-order valence-electron chi connectivity index (χ2n) is 19.5. The number of rotatable bonds is 13. The number of nitrogens with one attached hydrogen (secondary N) is 2. The fraction of sp³-hybridized carbons (Fsp3) is 0.644. The second-order valence-corrected chi connectivity index (χ2v) is 19.5. The standard InChI is InChI=1S/C45H64N4O7/c1-24-32-17-29(45(32,7)8)18-34(24)46-42(53)38-37(25(2)51)36(23-50)56-49(38)21-26-13-12-14-30(39(26)54-11)27-15-28-19-44(5,6)55-40(28)31(16-27)41(52)47-35(22-48(9)10)33-20-43(33,3)4/h12-16,25,29,32-38,50-51H,1,17-23H2,2-11H3,(H,46,53)(H,47,52)/t25-,29+,32-,33?,34-,35+,36-,37+,38-/m0/s1. The zero-order chi connectivity index (χ0) is 40.6. The van der Waals surface area contributed by atoms with E-state index in [1.165, 1.54) is 0 Å². The molecule has 9 atom stereocenters. The molecule has 0 radical (unpaired) electrons. The summed E-state index contributed by atoms with van der Waals surface area (Å²) >= 11 is 0. The van der Waals surface area contributed by atoms with Crippen LogP contribution < -0.4 is 20.1 Å². The molecule has 306 valence electrons. The highest BCUT2D eigenvalue weighted by Crippen LogP contribution is 2.61. The number of aliphatic hydroxyl groups is 2. The van der Waals surface area contributed by atoms with E-state index in [1.54, 1.807) is 19.1 Å². The van der Waals surface area contributed by atoms with Crippen LogP contribution in [0.4, 0.5) is 0 Å². The molecule has 2 amide bonds. The van der Waals surface area contributed by atoms with Crippen molar-refractivity contribution in [3.05, 3.63) is 59.2 Å². The molecule has 2 aliphatic heterocycles. The van der Waals surface area contributed by atoms with E-state index in [4.69, 9.17) is 14.3 Å². The van der Waals surface area contributed by atoms with Crippen LogP contribution in [0, 0.1) is 34.5 Å². The third kappa shape index (κ3) is 7.39. The van der Waals surface area contributed by atoms with Crippen LogP contribution in [0.25, 0.3) is 11.1 Å². The first-order chi connectivity index (χ1) is 26.3. The zero-order valence-electron chi connectivity index (χ0n) is 35.1. The van der Waals surface area contributed by atoms with Crippen LogP contribution in [0.15, 0.2) is 42.5 Å². The van der Waals surface area contributed by atoms with Gasteiger partial charge in [0.2, 0.25) is 5.91 Å². The number of aliphatic hydroxyl groups excluding tert-OH is 2. The number of carbonyl (C=O) groups excluding carboxylic acids is 2. The Bertz CT molecular complexity index is 1870. The lowest BCUT2D eigenvalue weighted by Gasteiger charge is -2.60. The van der Waals surface area contributed by atoms with Crippen LogP contribution in [0.1, 0.15) is 89.2 Å². The van der Waals surface area contributed by atoms with Crippen LogP contribution in [-0.2, 0) is 22.6 Å². The lowest BCUT2D eigenvalue weighted by molar-refractivity contribution is -0.182. The van der Waals surface area contributed by atoms with Crippen LogP contribution in [0.5, 0.6) is 11.5 Å². The maximum Gasteiger partial charge on any atom is 0.255 e. The lowest BCUT2D eigenvalue weighted by atomic mass is 9.46. The lowest BCUT2D eigenvalue weighted by Crippen LogP contribution is -2.59. The largest absolute Gasteiger partial charge is 0.496 e. The van der Waals surface area contributed by atoms with Crippen molar-refractivity contribution in [2.24, 2.45) is 34.5 Å². The number of para-hydroxylation sites is 1. The number of hydrogen-bond donors (Lipinski definition) is 4. The van der Waals surface area contributed by atoms with Gasteiger partial charge in [-0.3, -0.25) is 14.4 Å². The predicted molar refractivity (Wildman–Crippen MR) is 216 cm³/mol. The zero-order valence-corrected chi connectivity index (χ0v) is 35.1. The molecule has 11 heteroatoms. The van der Waals surface area contributed by atoms with Crippen molar-refractivity contribution in [2.45, 2.75) is 117 Å². The highest BCUT2D eigenvalue weighted by Gasteiger charge is 2.56. The smallest absolute Gasteiger partial charge is 0.255 e. The first-order valence-electron chi connectivity index (χ1n) is 20.5. The minimum Gasteiger partial charge on any atom is -0.496 e. The summed E-state index contributed by atoms with van der Waals surface area (Å²) in [6.45, 7) is 19.7. The number of hydrogen-bond acceptors (Lipinski definition) is 9. The Labute approximate surface area is 333 Å². The monoisotopic (exact) mass is 772 g/mol. The Morgan fingerprint density at radius 1 is 1.12 bits per heavy atom. The molecule has 1 unspecified atom stereocenters. The summed E-state index contributed by atoms with van der Waals surface area (Å²) in [6.07, 6.45) is 1.94. The average Bonchev–Trinajstić information content (AvgIpc) is 3.42. The van der Waals surface area contributed by atoms with Gasteiger partial charge in [0.25, 0.3) is 5.91 Å². The van der Waals surface area contributed by atoms with Crippen LogP contribution in [0.3, 0.4) is 0 Å². The van der Waals surface area contributed by atoms with Gasteiger partial charge >= 0.3 is 0 Å². The molecule has 11 nitrogen and oxygen atoms in total. The average molecular weight is 773 g/mol. The quantitative estimate of drug-likeness (QED) is 0.199. The van der Waals surface area contributed by atoms with Crippen molar-refractivity contribution in [3.63, 3.8) is 0 Å². The van der Waals surface area contributed by atoms with Gasteiger partial charge in [-0.1, -0.05) is 58.0 Å². The molecule has 6 aliphatic rings. The van der Waals surface area contributed by atoms with E-state index in [0.29, 0.717) is 41.2 Å². The van der Waals surface area contributed by atoms with Crippen molar-refractivity contribution >= 4 is 11.8 Å². The van der Waals surface area contributed by atoms with Gasteiger partial charge < -0.3 is 35.2 Å². The maximum atomic E-state index is 14.3. The van der Waals surface area contributed by atoms with Crippen LogP contribution in [0.2, 0.25) is 0 Å². The minimum atomic E-state index is -0.922. The number of benzene rings is 2. The predicted octanol–water partition coefficient (Wildman–Crippen LogP) is 5.36. The molecule has 0 spiro atoms. The van der Waals surface area contributed by atoms with Gasteiger partial charge in [0.05, 0.1) is 38.0 Å². The summed E-state index contributed by atoms with van der Waals surface area (Å²) < 4.78 is 12.6. The van der Waals surface area contributed by atoms with Crippen molar-refractivity contribution in [3.8, 4) is 22.6 Å². The number of likely N-dealkylation sites (N-methyl/N-ethyl adjacent to an activating group) is 1. The maximum absolute atomic E-state index is 14.3. The number of amides is 2. The molecule has 2 aromatic carbocycles. The Hall–Kier alpha value is -3.48. The molecular formula is C45H64N4O7. The van der Waals surface area contributed by atoms with Crippen molar-refractivity contribution in [1.82, 2.24) is 20.6 Å². The fourth-order valence-electron chi connectivity index (χ4n) is 10.5. The van der Waals surface area contributed by atoms with Crippen molar-refractivity contribution < 1.29 is 34.1 Å². The van der Waals surface area contributed by atoms with Gasteiger partial charge in [-0.2, -0.15) is 5.06 Å². The van der Waals surface area contributed by atoms with E-state index in [0.717, 1.165) is 53.6 Å². The third-order valence-corrected chi connectivity index (χ3v) is 13.9. The summed E-state index contributed by atoms with van der Waals surface area (Å²) in [5, 5.41) is 29.6. The first kappa shape index (κ1) is 40.7. The SMILES string of the molecule is C=C1[C@@H](NC(=O)[C@@H]2[C@H]([C@H](C)O)[C@H](CO)ON2Cc2cccc(-c3cc4c(c(C(=O)N[C@H](CN(C)C)C5CC5(C)C)c3)OC(C)(C)C4)c2OC)C[C@H]2C[C@@H]1C2(C)C. The minimum absolute atomic E-state index is 0.00776. The molecule has 56 heavy (non-hydrogen) atoms. The molecule has 4 saturated carbocycles. The van der Waals surface area contributed by atoms with Gasteiger partial charge in [0.15, 0.2) is 0 Å². The van der Waals surface area contributed by atoms with E-state index in [9.17, 15) is 19.8 Å². The topological polar surface area (TPSA) is 133 Å². The van der Waals surface area contributed by atoms with Gasteiger partial charge in [-0.25, -0.2) is 0 Å². The number of hydroxylamine groups is 2. The van der Waals surface area contributed by atoms with Crippen LogP contribution in [-0.4, -0.2) is 102 Å². The van der Waals surface area contributed by atoms with Gasteiger partial charge in [-0.15, -0.1) is 0 Å². The second kappa shape index (κ2) is 14.7. The van der Waals surface area contributed by atoms with E-state index in [-0.39, 0.29) is 47.9 Å². The Kier molecular flexibility index (Phi) is 10.7. The van der Waals surface area contributed by atoms with Crippen molar-refractivity contribution in [2.75, 3.05) is 34.4 Å². The summed E-state index contributed by atoms with van der Waals surface area (Å²) in [5.41, 5.74) is 4.74. The molecule has 0 aromatic heterocycles. The number of nitrogens with zero attached hydrogens (tertiary/aromatic N) is 2. The molecule has 2 heterocycles. The van der Waals surface area contributed by atoms with E-state index < -0.39 is 29.8 Å². The van der Waals surface area contributed by atoms with Crippen molar-refractivity contribution in [1.29, 1.82) is 0 Å². The Morgan fingerprint density at radius 2 is 1.84 bits per heavy atom. The summed E-state index contributed by atoms with van der Waals surface area (Å²) in [7, 11) is 5.68. The summed E-state index contributed by atoms with van der Waals surface area (Å²) in [4.78, 5) is 37.0. The third-order valence-electron chi connectivity index (χ3n) is 13.9. The number of methoxy groups -OCH3 is 1. The molecule has 2 bridgehead atoms. The molecule has 4 aliphatic carbocycles. The highest BCUT2D eigenvalue weighted by molar-refractivity contribution is 5.99.